The molecule has 3 aromatic rings. The van der Waals surface area contributed by atoms with Gasteiger partial charge in [-0.15, -0.1) is 0 Å². The third kappa shape index (κ3) is 7.66. The lowest BCUT2D eigenvalue weighted by Crippen LogP contribution is -2.27. The van der Waals surface area contributed by atoms with E-state index < -0.39 is 0 Å². The van der Waals surface area contributed by atoms with Crippen molar-refractivity contribution in [2.24, 2.45) is 5.73 Å². The Kier molecular flexibility index (Phi) is 10.5. The molecule has 0 saturated carbocycles. The molecule has 1 heterocycles. The lowest BCUT2D eigenvalue weighted by atomic mass is 10.2. The van der Waals surface area contributed by atoms with Gasteiger partial charge in [-0.1, -0.05) is 37.3 Å². The second-order valence-corrected chi connectivity index (χ2v) is 6.88. The fraction of sp³-hybridized carbons (Fsp3) is 0.360. The lowest BCUT2D eigenvalue weighted by molar-refractivity contribution is -0.123. The van der Waals surface area contributed by atoms with Gasteiger partial charge in [-0.3, -0.25) is 4.79 Å². The van der Waals surface area contributed by atoms with Crippen LogP contribution in [0.15, 0.2) is 60.8 Å². The summed E-state index contributed by atoms with van der Waals surface area (Å²) in [6.07, 6.45) is 3.29. The molecule has 3 rings (SSSR count). The zero-order chi connectivity index (χ0) is 22.5. The number of carbonyl (C=O) groups excluding carboxylic acids is 1. The predicted octanol–water partition coefficient (Wildman–Crippen LogP) is 4.81. The van der Waals surface area contributed by atoms with Crippen LogP contribution >= 0.6 is 0 Å². The Morgan fingerprint density at radius 1 is 1.00 bits per heavy atom. The number of hydrogen-bond donors (Lipinski definition) is 1. The summed E-state index contributed by atoms with van der Waals surface area (Å²) in [7, 11) is 1.50. The fourth-order valence-corrected chi connectivity index (χ4v) is 3.17. The van der Waals surface area contributed by atoms with E-state index in [0.29, 0.717) is 25.5 Å². The van der Waals surface area contributed by atoms with Crippen LogP contribution < -0.4 is 15.4 Å². The Morgan fingerprint density at radius 2 is 1.77 bits per heavy atom. The summed E-state index contributed by atoms with van der Waals surface area (Å²) in [6, 6.07) is 17.9. The standard InChI is InChI=1S/C24H28N2O3.CH5N/c1-3-13-26(14-12-22(27)18-28-4-2)21-10-7-11-23(16-21)29-24-15-19-8-5-6-9-20(19)17-25-24;1-2/h5-11,15-17H,3-4,12-14,18H2,1-2H3;2H2,1H3. The van der Waals surface area contributed by atoms with Gasteiger partial charge in [-0.25, -0.2) is 4.98 Å². The molecular formula is C25H33N3O3. The Morgan fingerprint density at radius 3 is 2.52 bits per heavy atom. The number of anilines is 1. The van der Waals surface area contributed by atoms with E-state index >= 15 is 0 Å². The number of ether oxygens (including phenoxy) is 2. The third-order valence-electron chi connectivity index (χ3n) is 4.63. The molecule has 2 aromatic carbocycles. The van der Waals surface area contributed by atoms with Gasteiger partial charge in [0.05, 0.1) is 0 Å². The second kappa shape index (κ2) is 13.4. The van der Waals surface area contributed by atoms with E-state index in [2.05, 4.69) is 22.5 Å². The molecule has 0 bridgehead atoms. The van der Waals surface area contributed by atoms with Gasteiger partial charge in [0.1, 0.15) is 12.4 Å². The molecule has 0 radical (unpaired) electrons. The summed E-state index contributed by atoms with van der Waals surface area (Å²) in [4.78, 5) is 18.6. The average molecular weight is 424 g/mol. The average Bonchev–Trinajstić information content (AvgIpc) is 2.81. The number of benzene rings is 2. The molecule has 0 atom stereocenters. The highest BCUT2D eigenvalue weighted by Gasteiger charge is 2.11. The van der Waals surface area contributed by atoms with E-state index in [1.165, 1.54) is 7.05 Å². The molecule has 2 N–H and O–H groups in total. The van der Waals surface area contributed by atoms with Crippen molar-refractivity contribution in [2.45, 2.75) is 26.7 Å². The summed E-state index contributed by atoms with van der Waals surface area (Å²) in [5.74, 6) is 1.42. The van der Waals surface area contributed by atoms with Gasteiger partial charge in [-0.2, -0.15) is 0 Å². The molecule has 0 aliphatic carbocycles. The van der Waals surface area contributed by atoms with Crippen LogP contribution in [0.5, 0.6) is 11.6 Å². The first-order valence-corrected chi connectivity index (χ1v) is 10.7. The molecule has 0 unspecified atom stereocenters. The maximum Gasteiger partial charge on any atom is 0.219 e. The second-order valence-electron chi connectivity index (χ2n) is 6.88. The number of Topliss-reactive ketones (excluding diaryl/α,β-unsaturated/α-hetero) is 1. The van der Waals surface area contributed by atoms with Gasteiger partial charge in [0.15, 0.2) is 5.78 Å². The van der Waals surface area contributed by atoms with Crippen LogP contribution in [0.4, 0.5) is 5.69 Å². The van der Waals surface area contributed by atoms with Crippen molar-refractivity contribution in [1.29, 1.82) is 0 Å². The molecule has 0 aliphatic rings. The summed E-state index contributed by atoms with van der Waals surface area (Å²) in [5, 5.41) is 2.17. The number of aromatic nitrogens is 1. The molecule has 0 spiro atoms. The van der Waals surface area contributed by atoms with Gasteiger partial charge in [0, 0.05) is 55.5 Å². The number of carbonyl (C=O) groups is 1. The number of pyridine rings is 1. The van der Waals surface area contributed by atoms with Crippen molar-refractivity contribution in [3.8, 4) is 11.6 Å². The molecule has 0 aliphatic heterocycles. The minimum Gasteiger partial charge on any atom is -0.439 e. The van der Waals surface area contributed by atoms with Crippen LogP contribution in [0, 0.1) is 0 Å². The SMILES string of the molecule is CCCN(CCC(=O)COCC)c1cccc(Oc2cc3ccccc3cn2)c1.CN. The zero-order valence-corrected chi connectivity index (χ0v) is 18.7. The van der Waals surface area contributed by atoms with Crippen LogP contribution in [0.2, 0.25) is 0 Å². The predicted molar refractivity (Wildman–Crippen MR) is 127 cm³/mol. The fourth-order valence-electron chi connectivity index (χ4n) is 3.17. The lowest BCUT2D eigenvalue weighted by Gasteiger charge is -2.24. The third-order valence-corrected chi connectivity index (χ3v) is 4.63. The Balaban J connectivity index is 0.00000166. The van der Waals surface area contributed by atoms with E-state index in [0.717, 1.165) is 35.2 Å². The Labute approximate surface area is 185 Å². The maximum atomic E-state index is 12.0. The van der Waals surface area contributed by atoms with Crippen LogP contribution in [-0.4, -0.2) is 44.1 Å². The molecule has 166 valence electrons. The Bertz CT molecular complexity index is 946. The molecule has 0 amide bonds. The van der Waals surface area contributed by atoms with E-state index in [9.17, 15) is 4.79 Å². The van der Waals surface area contributed by atoms with Gasteiger partial charge in [0.2, 0.25) is 5.88 Å². The molecule has 0 saturated heterocycles. The summed E-state index contributed by atoms with van der Waals surface area (Å²) >= 11 is 0. The van der Waals surface area contributed by atoms with E-state index in [1.807, 2.05) is 67.7 Å². The number of hydrogen-bond acceptors (Lipinski definition) is 6. The number of fused-ring (bicyclic) bond motifs is 1. The van der Waals surface area contributed by atoms with Crippen molar-refractivity contribution in [3.63, 3.8) is 0 Å². The van der Waals surface area contributed by atoms with Gasteiger partial charge < -0.3 is 20.1 Å². The molecule has 31 heavy (non-hydrogen) atoms. The van der Waals surface area contributed by atoms with Crippen molar-refractivity contribution in [3.05, 3.63) is 60.8 Å². The minimum absolute atomic E-state index is 0.126. The molecular weight excluding hydrogens is 390 g/mol. The number of nitrogens with two attached hydrogens (primary N) is 1. The van der Waals surface area contributed by atoms with Crippen LogP contribution in [0.1, 0.15) is 26.7 Å². The summed E-state index contributed by atoms with van der Waals surface area (Å²) in [6.45, 7) is 6.32. The van der Waals surface area contributed by atoms with Crippen molar-refractivity contribution in [2.75, 3.05) is 38.3 Å². The minimum atomic E-state index is 0.126. The first kappa shape index (κ1) is 24.3. The Hall–Kier alpha value is -2.96. The molecule has 6 nitrogen and oxygen atoms in total. The van der Waals surface area contributed by atoms with E-state index in [4.69, 9.17) is 9.47 Å². The van der Waals surface area contributed by atoms with Crippen molar-refractivity contribution >= 4 is 22.2 Å². The van der Waals surface area contributed by atoms with Crippen molar-refractivity contribution in [1.82, 2.24) is 4.98 Å². The topological polar surface area (TPSA) is 77.7 Å². The number of rotatable bonds is 11. The highest BCUT2D eigenvalue weighted by Crippen LogP contribution is 2.27. The van der Waals surface area contributed by atoms with Crippen LogP contribution in [-0.2, 0) is 9.53 Å². The van der Waals surface area contributed by atoms with Gasteiger partial charge in [-0.05, 0) is 37.9 Å². The quantitative estimate of drug-likeness (QED) is 0.477. The first-order chi connectivity index (χ1) is 15.2. The van der Waals surface area contributed by atoms with Crippen LogP contribution in [0.3, 0.4) is 0 Å². The number of ketones is 1. The summed E-state index contributed by atoms with van der Waals surface area (Å²) < 4.78 is 11.2. The molecule has 6 heteroatoms. The van der Waals surface area contributed by atoms with Crippen molar-refractivity contribution < 1.29 is 14.3 Å². The smallest absolute Gasteiger partial charge is 0.219 e. The van der Waals surface area contributed by atoms with E-state index in [1.54, 1.807) is 0 Å². The highest BCUT2D eigenvalue weighted by atomic mass is 16.5. The van der Waals surface area contributed by atoms with Crippen LogP contribution in [0.25, 0.3) is 10.8 Å². The summed E-state index contributed by atoms with van der Waals surface area (Å²) in [5.41, 5.74) is 5.54. The molecule has 1 aromatic heterocycles. The highest BCUT2D eigenvalue weighted by molar-refractivity contribution is 5.82. The largest absolute Gasteiger partial charge is 0.439 e. The zero-order valence-electron chi connectivity index (χ0n) is 18.7. The van der Waals surface area contributed by atoms with Gasteiger partial charge in [0.25, 0.3) is 0 Å². The van der Waals surface area contributed by atoms with E-state index in [-0.39, 0.29) is 12.4 Å². The maximum absolute atomic E-state index is 12.0. The normalized spacial score (nSPS) is 10.3. The van der Waals surface area contributed by atoms with Gasteiger partial charge >= 0.3 is 0 Å². The number of nitrogens with zero attached hydrogens (tertiary/aromatic N) is 2. The monoisotopic (exact) mass is 423 g/mol. The molecule has 0 fully saturated rings. The first-order valence-electron chi connectivity index (χ1n) is 10.7.